The first-order chi connectivity index (χ1) is 8.95. The van der Waals surface area contributed by atoms with E-state index in [4.69, 9.17) is 5.73 Å². The molecule has 6 heteroatoms. The summed E-state index contributed by atoms with van der Waals surface area (Å²) in [5, 5.41) is 9.49. The lowest BCUT2D eigenvalue weighted by Crippen LogP contribution is -2.53. The molecule has 1 fully saturated rings. The number of piperazine rings is 1. The molecule has 2 atom stereocenters. The van der Waals surface area contributed by atoms with Gasteiger partial charge in [-0.2, -0.15) is 4.98 Å². The number of nitrogens with zero attached hydrogens (tertiary/aromatic N) is 4. The molecule has 2 rings (SSSR count). The Kier molecular flexibility index (Phi) is 4.21. The Morgan fingerprint density at radius 3 is 2.79 bits per heavy atom. The van der Waals surface area contributed by atoms with Crippen LogP contribution in [0.1, 0.15) is 19.5 Å². The van der Waals surface area contributed by atoms with E-state index < -0.39 is 0 Å². The molecule has 0 aromatic carbocycles. The summed E-state index contributed by atoms with van der Waals surface area (Å²) in [6, 6.07) is 2.35. The van der Waals surface area contributed by atoms with Crippen LogP contribution in [0.3, 0.4) is 0 Å². The lowest BCUT2D eigenvalue weighted by atomic mass is 10.1. The second-order valence-corrected chi connectivity index (χ2v) is 5.36. The van der Waals surface area contributed by atoms with Crippen molar-refractivity contribution in [3.8, 4) is 0 Å². The van der Waals surface area contributed by atoms with E-state index in [-0.39, 0.29) is 6.10 Å². The second kappa shape index (κ2) is 5.71. The first kappa shape index (κ1) is 14.0. The SMILES string of the molecule is Cc1cc(N2CCN(C[C@H](C)O)[C@@H](C)C2)nc(N)n1. The Morgan fingerprint density at radius 1 is 1.47 bits per heavy atom. The highest BCUT2D eigenvalue weighted by Gasteiger charge is 2.25. The maximum absolute atomic E-state index is 9.49. The Hall–Kier alpha value is -1.40. The maximum atomic E-state index is 9.49. The van der Waals surface area contributed by atoms with Gasteiger partial charge in [-0.15, -0.1) is 0 Å². The molecule has 0 bridgehead atoms. The predicted molar refractivity (Wildman–Crippen MR) is 76.1 cm³/mol. The van der Waals surface area contributed by atoms with E-state index >= 15 is 0 Å². The lowest BCUT2D eigenvalue weighted by molar-refractivity contribution is 0.0959. The van der Waals surface area contributed by atoms with E-state index in [1.807, 2.05) is 19.9 Å². The zero-order valence-corrected chi connectivity index (χ0v) is 11.9. The van der Waals surface area contributed by atoms with Crippen LogP contribution in [0, 0.1) is 6.92 Å². The van der Waals surface area contributed by atoms with Crippen LogP contribution in [0.25, 0.3) is 0 Å². The largest absolute Gasteiger partial charge is 0.392 e. The molecule has 0 unspecified atom stereocenters. The summed E-state index contributed by atoms with van der Waals surface area (Å²) in [7, 11) is 0. The summed E-state index contributed by atoms with van der Waals surface area (Å²) in [6.45, 7) is 9.36. The van der Waals surface area contributed by atoms with Crippen molar-refractivity contribution >= 4 is 11.8 Å². The van der Waals surface area contributed by atoms with Crippen molar-refractivity contribution in [3.63, 3.8) is 0 Å². The number of nitrogen functional groups attached to an aromatic ring is 1. The third-order valence-corrected chi connectivity index (χ3v) is 3.45. The molecule has 0 amide bonds. The fourth-order valence-corrected chi connectivity index (χ4v) is 2.55. The Balaban J connectivity index is 2.05. The van der Waals surface area contributed by atoms with E-state index in [0.717, 1.165) is 37.7 Å². The van der Waals surface area contributed by atoms with Crippen LogP contribution >= 0.6 is 0 Å². The summed E-state index contributed by atoms with van der Waals surface area (Å²) < 4.78 is 0. The molecule has 106 valence electrons. The van der Waals surface area contributed by atoms with E-state index in [1.54, 1.807) is 0 Å². The Labute approximate surface area is 114 Å². The summed E-state index contributed by atoms with van der Waals surface area (Å²) in [6.07, 6.45) is -0.286. The highest BCUT2D eigenvalue weighted by molar-refractivity contribution is 5.44. The molecule has 1 aliphatic heterocycles. The van der Waals surface area contributed by atoms with Gasteiger partial charge in [-0.25, -0.2) is 4.98 Å². The maximum Gasteiger partial charge on any atom is 0.222 e. The molecule has 0 saturated carbocycles. The highest BCUT2D eigenvalue weighted by Crippen LogP contribution is 2.18. The third-order valence-electron chi connectivity index (χ3n) is 3.45. The van der Waals surface area contributed by atoms with Gasteiger partial charge in [-0.3, -0.25) is 4.90 Å². The van der Waals surface area contributed by atoms with E-state index in [2.05, 4.69) is 26.7 Å². The van der Waals surface area contributed by atoms with Crippen molar-refractivity contribution in [1.29, 1.82) is 0 Å². The van der Waals surface area contributed by atoms with Crippen molar-refractivity contribution in [1.82, 2.24) is 14.9 Å². The minimum Gasteiger partial charge on any atom is -0.392 e. The van der Waals surface area contributed by atoms with Crippen molar-refractivity contribution in [3.05, 3.63) is 11.8 Å². The summed E-state index contributed by atoms with van der Waals surface area (Å²) in [5.74, 6) is 1.22. The van der Waals surface area contributed by atoms with Gasteiger partial charge >= 0.3 is 0 Å². The second-order valence-electron chi connectivity index (χ2n) is 5.36. The summed E-state index contributed by atoms with van der Waals surface area (Å²) >= 11 is 0. The molecule has 1 aromatic heterocycles. The van der Waals surface area contributed by atoms with Gasteiger partial charge in [-0.05, 0) is 20.8 Å². The van der Waals surface area contributed by atoms with Gasteiger partial charge in [0.1, 0.15) is 5.82 Å². The van der Waals surface area contributed by atoms with Crippen LogP contribution in [0.2, 0.25) is 0 Å². The van der Waals surface area contributed by atoms with Crippen LogP contribution in [-0.2, 0) is 0 Å². The first-order valence-corrected chi connectivity index (χ1v) is 6.74. The molecular formula is C13H23N5O. The number of hydrogen-bond acceptors (Lipinski definition) is 6. The molecule has 0 spiro atoms. The quantitative estimate of drug-likeness (QED) is 0.816. The molecule has 6 nitrogen and oxygen atoms in total. The number of aliphatic hydroxyl groups excluding tert-OH is 1. The number of anilines is 2. The van der Waals surface area contributed by atoms with Gasteiger partial charge in [0.25, 0.3) is 0 Å². The van der Waals surface area contributed by atoms with Crippen molar-refractivity contribution in [2.24, 2.45) is 0 Å². The number of rotatable bonds is 3. The molecule has 1 aliphatic rings. The van der Waals surface area contributed by atoms with E-state index in [0.29, 0.717) is 12.0 Å². The monoisotopic (exact) mass is 265 g/mol. The van der Waals surface area contributed by atoms with E-state index in [1.165, 1.54) is 0 Å². The van der Waals surface area contributed by atoms with Gasteiger partial charge in [-0.1, -0.05) is 0 Å². The minimum absolute atomic E-state index is 0.286. The minimum atomic E-state index is -0.286. The van der Waals surface area contributed by atoms with Crippen LogP contribution in [-0.4, -0.2) is 58.3 Å². The summed E-state index contributed by atoms with van der Waals surface area (Å²) in [5.41, 5.74) is 6.59. The Morgan fingerprint density at radius 2 is 2.21 bits per heavy atom. The highest BCUT2D eigenvalue weighted by atomic mass is 16.3. The van der Waals surface area contributed by atoms with Gasteiger partial charge in [0.2, 0.25) is 5.95 Å². The molecule has 1 aromatic rings. The number of aryl methyl sites for hydroxylation is 1. The zero-order chi connectivity index (χ0) is 14.0. The normalized spacial score (nSPS) is 22.5. The standard InChI is InChI=1S/C13H23N5O/c1-9-6-12(16-13(14)15-9)18-5-4-17(8-11(3)19)10(2)7-18/h6,10-11,19H,4-5,7-8H2,1-3H3,(H2,14,15,16)/t10-,11-/m0/s1. The summed E-state index contributed by atoms with van der Waals surface area (Å²) in [4.78, 5) is 12.9. The molecule has 0 radical (unpaired) electrons. The van der Waals surface area contributed by atoms with Crippen LogP contribution in [0.5, 0.6) is 0 Å². The first-order valence-electron chi connectivity index (χ1n) is 6.74. The van der Waals surface area contributed by atoms with Gasteiger partial charge in [0, 0.05) is 44.0 Å². The number of β-amino-alcohol motifs (C(OH)–C–C–N with tert-alkyl or cyclic N) is 1. The number of aliphatic hydroxyl groups is 1. The molecule has 2 heterocycles. The average molecular weight is 265 g/mol. The number of hydrogen-bond donors (Lipinski definition) is 2. The van der Waals surface area contributed by atoms with Gasteiger partial charge < -0.3 is 15.7 Å². The fraction of sp³-hybridized carbons (Fsp3) is 0.692. The third kappa shape index (κ3) is 3.54. The molecule has 19 heavy (non-hydrogen) atoms. The topological polar surface area (TPSA) is 78.5 Å². The van der Waals surface area contributed by atoms with E-state index in [9.17, 15) is 5.11 Å². The Bertz CT molecular complexity index is 417. The van der Waals surface area contributed by atoms with Crippen LogP contribution < -0.4 is 10.6 Å². The number of nitrogens with two attached hydrogens (primary N) is 1. The molecule has 1 saturated heterocycles. The fourth-order valence-electron chi connectivity index (χ4n) is 2.55. The van der Waals surface area contributed by atoms with Crippen molar-refractivity contribution in [2.45, 2.75) is 32.9 Å². The number of aromatic nitrogens is 2. The smallest absolute Gasteiger partial charge is 0.222 e. The van der Waals surface area contributed by atoms with Crippen molar-refractivity contribution in [2.75, 3.05) is 36.8 Å². The van der Waals surface area contributed by atoms with Crippen LogP contribution in [0.4, 0.5) is 11.8 Å². The van der Waals surface area contributed by atoms with Crippen LogP contribution in [0.15, 0.2) is 6.07 Å². The van der Waals surface area contributed by atoms with Crippen molar-refractivity contribution < 1.29 is 5.11 Å². The van der Waals surface area contributed by atoms with Gasteiger partial charge in [0.15, 0.2) is 0 Å². The van der Waals surface area contributed by atoms with Gasteiger partial charge in [0.05, 0.1) is 6.10 Å². The molecule has 0 aliphatic carbocycles. The molecule has 3 N–H and O–H groups in total. The molecular weight excluding hydrogens is 242 g/mol. The zero-order valence-electron chi connectivity index (χ0n) is 11.9. The predicted octanol–water partition coefficient (Wildman–Crippen LogP) is 0.259. The average Bonchev–Trinajstić information content (AvgIpc) is 2.30. The lowest BCUT2D eigenvalue weighted by Gasteiger charge is -2.40.